The molecule has 0 aliphatic heterocycles. The van der Waals surface area contributed by atoms with Crippen LogP contribution in [0.25, 0.3) is 0 Å². The number of amidine groups is 1. The molecule has 0 saturated heterocycles. The summed E-state index contributed by atoms with van der Waals surface area (Å²) in [5, 5.41) is 12.3. The Labute approximate surface area is 183 Å². The molecule has 0 aromatic heterocycles. The largest absolute Gasteiger partial charge is 0.471 e. The van der Waals surface area contributed by atoms with Crippen LogP contribution < -0.4 is 10.6 Å². The highest BCUT2D eigenvalue weighted by atomic mass is 19.4. The van der Waals surface area contributed by atoms with E-state index in [0.717, 1.165) is 24.0 Å². The number of alkyl halides is 3. The lowest BCUT2D eigenvalue weighted by Gasteiger charge is -2.19. The zero-order valence-electron chi connectivity index (χ0n) is 17.8. The van der Waals surface area contributed by atoms with Crippen LogP contribution in [0, 0.1) is 5.41 Å². The van der Waals surface area contributed by atoms with E-state index in [1.165, 1.54) is 23.5 Å². The number of hydrogen-bond acceptors (Lipinski definition) is 5. The van der Waals surface area contributed by atoms with E-state index in [-0.39, 0.29) is 17.0 Å². The van der Waals surface area contributed by atoms with Gasteiger partial charge in [-0.2, -0.15) is 13.2 Å². The highest BCUT2D eigenvalue weighted by molar-refractivity contribution is 6.08. The molecule has 0 saturated carbocycles. The molecule has 0 fully saturated rings. The molecule has 172 valence electrons. The number of carbonyl (C=O) groups excluding carboxylic acids is 3. The lowest BCUT2D eigenvalue weighted by Crippen LogP contribution is -2.40. The molecular weight excluding hydrogens is 425 g/mol. The molecule has 2 rings (SSSR count). The number of amides is 2. The molecule has 1 aliphatic carbocycles. The van der Waals surface area contributed by atoms with Crippen LogP contribution >= 0.6 is 0 Å². The van der Waals surface area contributed by atoms with Crippen LogP contribution in [0.3, 0.4) is 0 Å². The van der Waals surface area contributed by atoms with E-state index >= 15 is 0 Å². The van der Waals surface area contributed by atoms with Gasteiger partial charge in [-0.1, -0.05) is 29.9 Å². The second-order valence-corrected chi connectivity index (χ2v) is 7.50. The topological polar surface area (TPSA) is 102 Å². The van der Waals surface area contributed by atoms with E-state index in [9.17, 15) is 27.6 Å². The first-order chi connectivity index (χ1) is 15.0. The van der Waals surface area contributed by atoms with Crippen molar-refractivity contribution in [3.63, 3.8) is 0 Å². The van der Waals surface area contributed by atoms with Gasteiger partial charge in [0.1, 0.15) is 12.1 Å². The first kappa shape index (κ1) is 25.0. The van der Waals surface area contributed by atoms with Crippen molar-refractivity contribution >= 4 is 23.9 Å². The summed E-state index contributed by atoms with van der Waals surface area (Å²) in [5.74, 6) is -2.98. The van der Waals surface area contributed by atoms with Gasteiger partial charge in [0.2, 0.25) is 5.91 Å². The van der Waals surface area contributed by atoms with Crippen LogP contribution in [0.1, 0.15) is 40.7 Å². The van der Waals surface area contributed by atoms with Crippen LogP contribution in [0.15, 0.2) is 41.5 Å². The number of rotatable bonds is 8. The Hall–Kier alpha value is -3.27. The van der Waals surface area contributed by atoms with Gasteiger partial charge in [0.15, 0.2) is 0 Å². The van der Waals surface area contributed by atoms with Crippen molar-refractivity contribution in [3.05, 3.63) is 58.2 Å². The average molecular weight is 450 g/mol. The van der Waals surface area contributed by atoms with Gasteiger partial charge in [-0.25, -0.2) is 0 Å². The molecular formula is C22H25F3N4O3. The van der Waals surface area contributed by atoms with Gasteiger partial charge in [0.05, 0.1) is 0 Å². The maximum Gasteiger partial charge on any atom is 0.471 e. The third kappa shape index (κ3) is 6.88. The maximum atomic E-state index is 12.4. The zero-order chi connectivity index (χ0) is 23.9. The Bertz CT molecular complexity index is 966. The number of carbonyl (C=O) groups is 3. The summed E-state index contributed by atoms with van der Waals surface area (Å²) in [6, 6.07) is 4.13. The van der Waals surface area contributed by atoms with E-state index in [2.05, 4.69) is 5.32 Å². The fraction of sp³-hybridized carbons (Fsp3) is 0.364. The predicted molar refractivity (Wildman–Crippen MR) is 113 cm³/mol. The zero-order valence-corrected chi connectivity index (χ0v) is 17.8. The van der Waals surface area contributed by atoms with E-state index < -0.39 is 17.9 Å². The Morgan fingerprint density at radius 2 is 1.94 bits per heavy atom. The molecule has 1 aromatic carbocycles. The molecule has 3 N–H and O–H groups in total. The van der Waals surface area contributed by atoms with Crippen molar-refractivity contribution in [1.82, 2.24) is 15.5 Å². The van der Waals surface area contributed by atoms with Gasteiger partial charge < -0.3 is 15.5 Å². The quantitative estimate of drug-likeness (QED) is 0.322. The van der Waals surface area contributed by atoms with Gasteiger partial charge in [-0.15, -0.1) is 0 Å². The molecule has 0 unspecified atom stereocenters. The molecule has 1 aliphatic rings. The average Bonchev–Trinajstić information content (AvgIpc) is 2.74. The Morgan fingerprint density at radius 1 is 1.22 bits per heavy atom. The van der Waals surface area contributed by atoms with Gasteiger partial charge in [0, 0.05) is 44.7 Å². The summed E-state index contributed by atoms with van der Waals surface area (Å²) in [7, 11) is 3.41. The van der Waals surface area contributed by atoms with E-state index in [0.29, 0.717) is 31.4 Å². The predicted octanol–water partition coefficient (Wildman–Crippen LogP) is 2.72. The summed E-state index contributed by atoms with van der Waals surface area (Å²) in [5.41, 5.74) is 2.82. The number of benzene rings is 1. The lowest BCUT2D eigenvalue weighted by molar-refractivity contribution is -0.171. The molecule has 0 radical (unpaired) electrons. The number of halogens is 3. The summed E-state index contributed by atoms with van der Waals surface area (Å²) >= 11 is 0. The first-order valence-electron chi connectivity index (χ1n) is 9.86. The molecule has 0 spiro atoms. The van der Waals surface area contributed by atoms with Crippen molar-refractivity contribution < 1.29 is 27.6 Å². The third-order valence-electron chi connectivity index (χ3n) is 4.94. The first-order valence-corrected chi connectivity index (χ1v) is 9.86. The van der Waals surface area contributed by atoms with Crippen LogP contribution in [-0.4, -0.2) is 55.7 Å². The molecule has 0 atom stereocenters. The van der Waals surface area contributed by atoms with E-state index in [1.807, 2.05) is 12.2 Å². The molecule has 7 nitrogen and oxygen atoms in total. The Balaban J connectivity index is 2.05. The number of nitrogens with one attached hydrogen (secondary N) is 3. The summed E-state index contributed by atoms with van der Waals surface area (Å²) in [6.45, 7) is 0.771. The molecule has 1 aromatic rings. The monoisotopic (exact) mass is 450 g/mol. The molecule has 2 amide bonds. The van der Waals surface area contributed by atoms with Crippen molar-refractivity contribution in [1.29, 1.82) is 5.41 Å². The fourth-order valence-electron chi connectivity index (χ4n) is 3.10. The van der Waals surface area contributed by atoms with Crippen LogP contribution in [0.2, 0.25) is 0 Å². The highest BCUT2D eigenvalue weighted by Gasteiger charge is 2.39. The minimum atomic E-state index is -5.11. The van der Waals surface area contributed by atoms with Crippen molar-refractivity contribution in [2.45, 2.75) is 32.0 Å². The van der Waals surface area contributed by atoms with Gasteiger partial charge in [-0.05, 0) is 30.0 Å². The minimum Gasteiger partial charge on any atom is -0.349 e. The normalized spacial score (nSPS) is 13.7. The van der Waals surface area contributed by atoms with Crippen molar-refractivity contribution in [3.8, 4) is 0 Å². The number of aldehydes is 1. The standard InChI is InChI=1S/C22H25F3N4O3/c1-29(2)19(31)10-14-5-3-4-6-16(14)11-27-12-17-8-7-15(9-18(17)13-30)20(26)28-21(32)22(23,24)25/h4,6-9,13,27H,3,5,10-12H2,1-2H3,(H2,26,28,32). The summed E-state index contributed by atoms with van der Waals surface area (Å²) < 4.78 is 37.1. The summed E-state index contributed by atoms with van der Waals surface area (Å²) in [4.78, 5) is 36.1. The Kier molecular flexibility index (Phi) is 8.48. The van der Waals surface area contributed by atoms with Crippen LogP contribution in [0.5, 0.6) is 0 Å². The summed E-state index contributed by atoms with van der Waals surface area (Å²) in [6.07, 6.45) is 1.45. The second-order valence-electron chi connectivity index (χ2n) is 7.50. The van der Waals surface area contributed by atoms with Gasteiger partial charge >= 0.3 is 12.1 Å². The van der Waals surface area contributed by atoms with E-state index in [1.54, 1.807) is 19.0 Å². The SMILES string of the molecule is CN(C)C(=O)CC1=C(CNCc2ccc(C(=N)NC(=O)C(F)(F)F)cc2C=O)C=CCC1. The lowest BCUT2D eigenvalue weighted by atomic mass is 9.94. The van der Waals surface area contributed by atoms with Gasteiger partial charge in [-0.3, -0.25) is 19.8 Å². The Morgan fingerprint density at radius 3 is 2.56 bits per heavy atom. The maximum absolute atomic E-state index is 12.4. The van der Waals surface area contributed by atoms with E-state index in [4.69, 9.17) is 5.41 Å². The van der Waals surface area contributed by atoms with Crippen LogP contribution in [-0.2, 0) is 16.1 Å². The highest BCUT2D eigenvalue weighted by Crippen LogP contribution is 2.22. The number of nitrogens with zero attached hydrogens (tertiary/aromatic N) is 1. The molecule has 0 heterocycles. The van der Waals surface area contributed by atoms with Crippen LogP contribution in [0.4, 0.5) is 13.2 Å². The minimum absolute atomic E-state index is 0.0177. The second kappa shape index (κ2) is 10.9. The van der Waals surface area contributed by atoms with Crippen molar-refractivity contribution in [2.75, 3.05) is 20.6 Å². The van der Waals surface area contributed by atoms with Gasteiger partial charge in [0.25, 0.3) is 0 Å². The molecule has 32 heavy (non-hydrogen) atoms. The smallest absolute Gasteiger partial charge is 0.349 e. The number of hydrogen-bond donors (Lipinski definition) is 3. The van der Waals surface area contributed by atoms with Crippen molar-refractivity contribution in [2.24, 2.45) is 0 Å². The molecule has 10 heteroatoms. The fourth-order valence-corrected chi connectivity index (χ4v) is 3.10. The number of allylic oxidation sites excluding steroid dienone is 1. The molecule has 0 bridgehead atoms. The third-order valence-corrected chi connectivity index (χ3v) is 4.94.